The van der Waals surface area contributed by atoms with E-state index < -0.39 is 0 Å². The lowest BCUT2D eigenvalue weighted by atomic mass is 10.1. The zero-order valence-corrected chi connectivity index (χ0v) is 14.5. The highest BCUT2D eigenvalue weighted by molar-refractivity contribution is 5.71. The molecule has 0 saturated heterocycles. The van der Waals surface area contributed by atoms with Crippen LogP contribution in [0.4, 0.5) is 5.69 Å². The van der Waals surface area contributed by atoms with Gasteiger partial charge in [0.15, 0.2) is 0 Å². The van der Waals surface area contributed by atoms with E-state index in [1.54, 1.807) is 0 Å². The average Bonchev–Trinajstić information content (AvgIpc) is 2.53. The van der Waals surface area contributed by atoms with Gasteiger partial charge in [-0.15, -0.1) is 0 Å². The smallest absolute Gasteiger partial charge is 0.211 e. The predicted octanol–water partition coefficient (Wildman–Crippen LogP) is 4.44. The van der Waals surface area contributed by atoms with Crippen LogP contribution in [0.1, 0.15) is 32.8 Å². The first-order chi connectivity index (χ1) is 11.5. The minimum atomic E-state index is -0.174. The second kappa shape index (κ2) is 8.39. The van der Waals surface area contributed by atoms with E-state index in [1.165, 1.54) is 5.56 Å². The molecule has 0 unspecified atom stereocenters. The Labute approximate surface area is 143 Å². The summed E-state index contributed by atoms with van der Waals surface area (Å²) in [7, 11) is 0. The maximum Gasteiger partial charge on any atom is 0.211 e. The van der Waals surface area contributed by atoms with Gasteiger partial charge in [-0.1, -0.05) is 12.1 Å². The Morgan fingerprint density at radius 3 is 2.17 bits per heavy atom. The van der Waals surface area contributed by atoms with E-state index in [2.05, 4.69) is 17.4 Å². The Balaban J connectivity index is 1.73. The molecule has 0 atom stereocenters. The molecule has 0 heterocycles. The molecule has 2 aromatic rings. The lowest BCUT2D eigenvalue weighted by Crippen LogP contribution is -2.22. The number of carbonyl (C=O) groups is 1. The van der Waals surface area contributed by atoms with Gasteiger partial charge in [0.2, 0.25) is 6.41 Å². The summed E-state index contributed by atoms with van der Waals surface area (Å²) in [5, 5.41) is 2.60. The molecule has 0 bridgehead atoms. The summed E-state index contributed by atoms with van der Waals surface area (Å²) in [5.41, 5.74) is 1.85. The Morgan fingerprint density at radius 2 is 1.58 bits per heavy atom. The van der Waals surface area contributed by atoms with E-state index in [4.69, 9.17) is 9.47 Å². The summed E-state index contributed by atoms with van der Waals surface area (Å²) in [5.74, 6) is 1.70. The molecular weight excluding hydrogens is 302 g/mol. The first-order valence-electron chi connectivity index (χ1n) is 8.17. The van der Waals surface area contributed by atoms with Crippen LogP contribution in [-0.4, -0.2) is 18.6 Å². The molecule has 0 spiro atoms. The molecule has 0 aromatic heterocycles. The molecule has 1 amide bonds. The summed E-state index contributed by atoms with van der Waals surface area (Å²) in [6.07, 6.45) is 2.56. The normalized spacial score (nSPS) is 11.0. The molecule has 0 fully saturated rings. The third kappa shape index (κ3) is 6.32. The van der Waals surface area contributed by atoms with Crippen molar-refractivity contribution in [3.63, 3.8) is 0 Å². The largest absolute Gasteiger partial charge is 0.494 e. The van der Waals surface area contributed by atoms with Crippen LogP contribution in [0, 0.1) is 0 Å². The number of aryl methyl sites for hydroxylation is 1. The van der Waals surface area contributed by atoms with Crippen LogP contribution in [0.25, 0.3) is 0 Å². The highest BCUT2D eigenvalue weighted by Crippen LogP contribution is 2.19. The maximum atomic E-state index is 10.3. The monoisotopic (exact) mass is 327 g/mol. The number of carbonyl (C=O) groups excluding carboxylic acids is 1. The van der Waals surface area contributed by atoms with Crippen LogP contribution in [-0.2, 0) is 11.2 Å². The second-order valence-electron chi connectivity index (χ2n) is 6.60. The molecule has 0 aliphatic heterocycles. The first kappa shape index (κ1) is 17.9. The van der Waals surface area contributed by atoms with Crippen molar-refractivity contribution < 1.29 is 14.3 Å². The van der Waals surface area contributed by atoms with E-state index >= 15 is 0 Å². The quantitative estimate of drug-likeness (QED) is 0.576. The molecule has 0 aliphatic rings. The van der Waals surface area contributed by atoms with Gasteiger partial charge in [-0.3, -0.25) is 4.79 Å². The minimum absolute atomic E-state index is 0.174. The third-order valence-electron chi connectivity index (χ3n) is 3.31. The van der Waals surface area contributed by atoms with Crippen molar-refractivity contribution in [1.29, 1.82) is 0 Å². The molecule has 0 radical (unpaired) electrons. The van der Waals surface area contributed by atoms with Crippen LogP contribution in [0.2, 0.25) is 0 Å². The third-order valence-corrected chi connectivity index (χ3v) is 3.31. The van der Waals surface area contributed by atoms with Gasteiger partial charge in [-0.05, 0) is 75.6 Å². The summed E-state index contributed by atoms with van der Waals surface area (Å²) < 4.78 is 11.5. The van der Waals surface area contributed by atoms with Gasteiger partial charge >= 0.3 is 0 Å². The number of benzene rings is 2. The van der Waals surface area contributed by atoms with Gasteiger partial charge < -0.3 is 14.8 Å². The maximum absolute atomic E-state index is 10.3. The molecule has 4 heteroatoms. The Bertz CT molecular complexity index is 627. The summed E-state index contributed by atoms with van der Waals surface area (Å²) in [6.45, 7) is 6.78. The molecule has 0 aliphatic carbocycles. The van der Waals surface area contributed by atoms with Crippen LogP contribution in [0.5, 0.6) is 11.5 Å². The van der Waals surface area contributed by atoms with Crippen LogP contribution in [0.3, 0.4) is 0 Å². The average molecular weight is 327 g/mol. The first-order valence-corrected chi connectivity index (χ1v) is 8.17. The lowest BCUT2D eigenvalue weighted by molar-refractivity contribution is -0.105. The van der Waals surface area contributed by atoms with E-state index in [0.29, 0.717) is 13.0 Å². The van der Waals surface area contributed by atoms with Crippen molar-refractivity contribution >= 4 is 12.1 Å². The number of hydrogen-bond donors (Lipinski definition) is 1. The van der Waals surface area contributed by atoms with E-state index in [0.717, 1.165) is 30.0 Å². The van der Waals surface area contributed by atoms with Crippen molar-refractivity contribution in [2.75, 3.05) is 11.9 Å². The standard InChI is InChI=1S/C20H25NO3/c1-20(2,3)24-19-10-6-16(7-11-19)5-4-14-23-18-12-8-17(9-13-18)21-15-22/h6-13,15H,4-5,14H2,1-3H3,(H,21,22). The van der Waals surface area contributed by atoms with Crippen molar-refractivity contribution in [2.24, 2.45) is 0 Å². The predicted molar refractivity (Wildman–Crippen MR) is 96.8 cm³/mol. The molecule has 128 valence electrons. The second-order valence-corrected chi connectivity index (χ2v) is 6.60. The molecule has 4 nitrogen and oxygen atoms in total. The Kier molecular flexibility index (Phi) is 6.24. The van der Waals surface area contributed by atoms with Crippen LogP contribution < -0.4 is 14.8 Å². The Morgan fingerprint density at radius 1 is 0.958 bits per heavy atom. The highest BCUT2D eigenvalue weighted by Gasteiger charge is 2.11. The van der Waals surface area contributed by atoms with Gasteiger partial charge in [0.25, 0.3) is 0 Å². The molecule has 2 rings (SSSR count). The topological polar surface area (TPSA) is 47.6 Å². The fraction of sp³-hybridized carbons (Fsp3) is 0.350. The number of nitrogens with one attached hydrogen (secondary N) is 1. The molecular formula is C20H25NO3. The fourth-order valence-corrected chi connectivity index (χ4v) is 2.26. The summed E-state index contributed by atoms with van der Waals surface area (Å²) in [6, 6.07) is 15.6. The zero-order valence-electron chi connectivity index (χ0n) is 14.5. The van der Waals surface area contributed by atoms with E-state index in [1.807, 2.05) is 57.2 Å². The molecule has 24 heavy (non-hydrogen) atoms. The van der Waals surface area contributed by atoms with Crippen molar-refractivity contribution in [2.45, 2.75) is 39.2 Å². The Hall–Kier alpha value is -2.49. The summed E-state index contributed by atoms with van der Waals surface area (Å²) >= 11 is 0. The number of anilines is 1. The van der Waals surface area contributed by atoms with Crippen molar-refractivity contribution in [3.05, 3.63) is 54.1 Å². The zero-order chi connectivity index (χ0) is 17.4. The fourth-order valence-electron chi connectivity index (χ4n) is 2.26. The van der Waals surface area contributed by atoms with Crippen molar-refractivity contribution in [1.82, 2.24) is 0 Å². The molecule has 0 saturated carbocycles. The van der Waals surface area contributed by atoms with Crippen LogP contribution >= 0.6 is 0 Å². The van der Waals surface area contributed by atoms with Gasteiger partial charge in [-0.25, -0.2) is 0 Å². The summed E-state index contributed by atoms with van der Waals surface area (Å²) in [4.78, 5) is 10.3. The van der Waals surface area contributed by atoms with Gasteiger partial charge in [-0.2, -0.15) is 0 Å². The molecule has 2 aromatic carbocycles. The van der Waals surface area contributed by atoms with Gasteiger partial charge in [0.05, 0.1) is 6.61 Å². The molecule has 1 N–H and O–H groups in total. The number of amides is 1. The lowest BCUT2D eigenvalue weighted by Gasteiger charge is -2.21. The van der Waals surface area contributed by atoms with Gasteiger partial charge in [0.1, 0.15) is 17.1 Å². The highest BCUT2D eigenvalue weighted by atomic mass is 16.5. The number of ether oxygens (including phenoxy) is 2. The van der Waals surface area contributed by atoms with E-state index in [-0.39, 0.29) is 5.60 Å². The number of hydrogen-bond acceptors (Lipinski definition) is 3. The van der Waals surface area contributed by atoms with E-state index in [9.17, 15) is 4.79 Å². The van der Waals surface area contributed by atoms with Crippen LogP contribution in [0.15, 0.2) is 48.5 Å². The van der Waals surface area contributed by atoms with Gasteiger partial charge in [0, 0.05) is 5.69 Å². The van der Waals surface area contributed by atoms with Crippen molar-refractivity contribution in [3.8, 4) is 11.5 Å². The SMILES string of the molecule is CC(C)(C)Oc1ccc(CCCOc2ccc(NC=O)cc2)cc1. The number of rotatable bonds is 8. The minimum Gasteiger partial charge on any atom is -0.494 e.